The van der Waals surface area contributed by atoms with Crippen LogP contribution < -0.4 is 10.6 Å². The molecule has 1 saturated carbocycles. The normalized spacial score (nSPS) is 26.7. The van der Waals surface area contributed by atoms with Crippen LogP contribution in [0.2, 0.25) is 0 Å². The topological polar surface area (TPSA) is 64.6 Å². The number of urea groups is 1. The van der Waals surface area contributed by atoms with Gasteiger partial charge in [-0.1, -0.05) is 30.3 Å². The van der Waals surface area contributed by atoms with E-state index in [-0.39, 0.29) is 18.7 Å². The molecule has 2 aliphatic rings. The summed E-state index contributed by atoms with van der Waals surface area (Å²) in [5.74, 6) is 0.412. The summed E-state index contributed by atoms with van der Waals surface area (Å²) < 4.78 is 0. The van der Waals surface area contributed by atoms with Gasteiger partial charge in [-0.25, -0.2) is 4.79 Å². The van der Waals surface area contributed by atoms with Gasteiger partial charge in [-0.05, 0) is 51.0 Å². The summed E-state index contributed by atoms with van der Waals surface area (Å²) in [6.45, 7) is 6.12. The molecule has 3 N–H and O–H groups in total. The first kappa shape index (κ1) is 18.2. The first-order valence-electron chi connectivity index (χ1n) is 9.47. The fourth-order valence-electron chi connectivity index (χ4n) is 3.88. The molecule has 25 heavy (non-hydrogen) atoms. The molecule has 2 amide bonds. The van der Waals surface area contributed by atoms with Crippen molar-refractivity contribution in [2.45, 2.75) is 63.7 Å². The highest BCUT2D eigenvalue weighted by molar-refractivity contribution is 5.75. The maximum absolute atomic E-state index is 12.4. The quantitative estimate of drug-likeness (QED) is 0.742. The van der Waals surface area contributed by atoms with Crippen molar-refractivity contribution in [3.63, 3.8) is 0 Å². The molecule has 5 nitrogen and oxygen atoms in total. The Morgan fingerprint density at radius 2 is 2.00 bits per heavy atom. The zero-order valence-corrected chi connectivity index (χ0v) is 15.4. The molecule has 1 saturated heterocycles. The molecule has 1 aliphatic heterocycles. The fourth-order valence-corrected chi connectivity index (χ4v) is 3.88. The van der Waals surface area contributed by atoms with Crippen LogP contribution in [0.15, 0.2) is 30.3 Å². The molecule has 1 aromatic rings. The molecular weight excluding hydrogens is 314 g/mol. The molecular formula is C20H31N3O2. The summed E-state index contributed by atoms with van der Waals surface area (Å²) in [5.41, 5.74) is 0.852. The molecule has 3 atom stereocenters. The van der Waals surface area contributed by atoms with Crippen LogP contribution in [0.4, 0.5) is 4.79 Å². The summed E-state index contributed by atoms with van der Waals surface area (Å²) in [6.07, 6.45) is 4.10. The highest BCUT2D eigenvalue weighted by Gasteiger charge is 2.42. The number of likely N-dealkylation sites (tertiary alicyclic amines) is 1. The first-order valence-corrected chi connectivity index (χ1v) is 9.47. The summed E-state index contributed by atoms with van der Waals surface area (Å²) in [5, 5.41) is 15.7. The van der Waals surface area contributed by atoms with Crippen molar-refractivity contribution in [2.24, 2.45) is 5.92 Å². The van der Waals surface area contributed by atoms with E-state index in [0.717, 1.165) is 38.8 Å². The van der Waals surface area contributed by atoms with E-state index in [1.54, 1.807) is 0 Å². The highest BCUT2D eigenvalue weighted by Crippen LogP contribution is 2.39. The van der Waals surface area contributed by atoms with Gasteiger partial charge in [-0.15, -0.1) is 0 Å². The Hall–Kier alpha value is -1.59. The van der Waals surface area contributed by atoms with Crippen LogP contribution >= 0.6 is 0 Å². The van der Waals surface area contributed by atoms with Gasteiger partial charge in [-0.3, -0.25) is 4.90 Å². The Morgan fingerprint density at radius 3 is 2.60 bits per heavy atom. The van der Waals surface area contributed by atoms with E-state index >= 15 is 0 Å². The van der Waals surface area contributed by atoms with Crippen molar-refractivity contribution in [1.82, 2.24) is 15.5 Å². The van der Waals surface area contributed by atoms with Crippen molar-refractivity contribution in [1.29, 1.82) is 0 Å². The lowest BCUT2D eigenvalue weighted by Gasteiger charge is -2.38. The lowest BCUT2D eigenvalue weighted by molar-refractivity contribution is 0.124. The number of hydrogen-bond donors (Lipinski definition) is 3. The fraction of sp³-hybridized carbons (Fsp3) is 0.650. The van der Waals surface area contributed by atoms with Gasteiger partial charge in [-0.2, -0.15) is 0 Å². The molecule has 0 bridgehead atoms. The van der Waals surface area contributed by atoms with Crippen LogP contribution in [-0.4, -0.2) is 46.8 Å². The second-order valence-corrected chi connectivity index (χ2v) is 7.97. The van der Waals surface area contributed by atoms with Crippen LogP contribution in [0, 0.1) is 5.92 Å². The van der Waals surface area contributed by atoms with Crippen molar-refractivity contribution in [3.05, 3.63) is 35.9 Å². The number of amides is 2. The van der Waals surface area contributed by atoms with Crippen LogP contribution in [0.5, 0.6) is 0 Å². The predicted molar refractivity (Wildman–Crippen MR) is 99.2 cm³/mol. The summed E-state index contributed by atoms with van der Waals surface area (Å²) in [7, 11) is 0. The lowest BCUT2D eigenvalue weighted by Crippen LogP contribution is -2.57. The van der Waals surface area contributed by atoms with Gasteiger partial charge in [0.25, 0.3) is 0 Å². The first-order chi connectivity index (χ1) is 12.0. The molecule has 3 unspecified atom stereocenters. The van der Waals surface area contributed by atoms with E-state index in [4.69, 9.17) is 0 Å². The van der Waals surface area contributed by atoms with Crippen molar-refractivity contribution >= 4 is 6.03 Å². The Labute approximate surface area is 150 Å². The van der Waals surface area contributed by atoms with E-state index in [1.165, 1.54) is 5.56 Å². The number of carbonyl (C=O) groups is 1. The van der Waals surface area contributed by atoms with Crippen LogP contribution in [0.3, 0.4) is 0 Å². The number of rotatable bonds is 6. The van der Waals surface area contributed by atoms with Gasteiger partial charge < -0.3 is 15.7 Å². The van der Waals surface area contributed by atoms with Crippen molar-refractivity contribution in [3.8, 4) is 0 Å². The van der Waals surface area contributed by atoms with Crippen LogP contribution in [0.25, 0.3) is 0 Å². The van der Waals surface area contributed by atoms with Crippen molar-refractivity contribution in [2.75, 3.05) is 13.2 Å². The van der Waals surface area contributed by atoms with Gasteiger partial charge >= 0.3 is 6.03 Å². The zero-order chi connectivity index (χ0) is 17.9. The van der Waals surface area contributed by atoms with Crippen LogP contribution in [0.1, 0.15) is 45.1 Å². The maximum Gasteiger partial charge on any atom is 0.315 e. The number of piperidine rings is 1. The molecule has 0 spiro atoms. The monoisotopic (exact) mass is 345 g/mol. The standard InChI is InChI=1S/C20H31N3O2/c1-15-12-18(10-11-23(15)13-16-6-4-3-5-7-16)21-19(25)22-20(2,14-24)17-8-9-17/h3-7,15,17-18,24H,8-14H2,1-2H3,(H2,21,22,25). The van der Waals surface area contributed by atoms with E-state index in [0.29, 0.717) is 12.0 Å². The third-order valence-corrected chi connectivity index (χ3v) is 5.78. The molecule has 2 fully saturated rings. The third kappa shape index (κ3) is 4.73. The summed E-state index contributed by atoms with van der Waals surface area (Å²) >= 11 is 0. The van der Waals surface area contributed by atoms with Gasteiger partial charge in [0.2, 0.25) is 0 Å². The highest BCUT2D eigenvalue weighted by atomic mass is 16.3. The molecule has 1 aliphatic carbocycles. The molecule has 1 heterocycles. The number of nitrogens with one attached hydrogen (secondary N) is 2. The van der Waals surface area contributed by atoms with Gasteiger partial charge in [0.05, 0.1) is 12.1 Å². The molecule has 1 aromatic carbocycles. The second-order valence-electron chi connectivity index (χ2n) is 7.97. The average Bonchev–Trinajstić information content (AvgIpc) is 3.43. The molecule has 0 aromatic heterocycles. The Balaban J connectivity index is 1.47. The molecule has 5 heteroatoms. The Bertz CT molecular complexity index is 576. The number of carbonyl (C=O) groups excluding carboxylic acids is 1. The smallest absolute Gasteiger partial charge is 0.315 e. The van der Waals surface area contributed by atoms with Gasteiger partial charge in [0, 0.05) is 25.2 Å². The molecule has 138 valence electrons. The lowest BCUT2D eigenvalue weighted by atomic mass is 9.96. The molecule has 0 radical (unpaired) electrons. The zero-order valence-electron chi connectivity index (χ0n) is 15.4. The predicted octanol–water partition coefficient (Wildman–Crippen LogP) is 2.50. The minimum absolute atomic E-state index is 0.00297. The number of benzene rings is 1. The summed E-state index contributed by atoms with van der Waals surface area (Å²) in [6, 6.07) is 11.0. The van der Waals surface area contributed by atoms with E-state index in [2.05, 4.69) is 46.7 Å². The number of nitrogens with zero attached hydrogens (tertiary/aromatic N) is 1. The van der Waals surface area contributed by atoms with Crippen molar-refractivity contribution < 1.29 is 9.90 Å². The molecule has 3 rings (SSSR count). The number of aliphatic hydroxyl groups excluding tert-OH is 1. The SMILES string of the molecule is CC1CC(NC(=O)NC(C)(CO)C2CC2)CCN1Cc1ccccc1. The largest absolute Gasteiger partial charge is 0.394 e. The average molecular weight is 345 g/mol. The van der Waals surface area contributed by atoms with E-state index in [1.807, 2.05) is 13.0 Å². The van der Waals surface area contributed by atoms with Gasteiger partial charge in [0.1, 0.15) is 0 Å². The minimum atomic E-state index is -0.482. The van der Waals surface area contributed by atoms with Crippen LogP contribution in [-0.2, 0) is 6.54 Å². The number of hydrogen-bond acceptors (Lipinski definition) is 3. The minimum Gasteiger partial charge on any atom is -0.394 e. The summed E-state index contributed by atoms with van der Waals surface area (Å²) in [4.78, 5) is 14.8. The van der Waals surface area contributed by atoms with E-state index in [9.17, 15) is 9.90 Å². The Kier molecular flexibility index (Phi) is 5.64. The third-order valence-electron chi connectivity index (χ3n) is 5.78. The Morgan fingerprint density at radius 1 is 1.28 bits per heavy atom. The maximum atomic E-state index is 12.4. The number of aliphatic hydroxyl groups is 1. The van der Waals surface area contributed by atoms with Gasteiger partial charge in [0.15, 0.2) is 0 Å². The van der Waals surface area contributed by atoms with E-state index < -0.39 is 5.54 Å². The second kappa shape index (κ2) is 7.75.